The zero-order valence-corrected chi connectivity index (χ0v) is 16.2. The number of anilines is 1. The van der Waals surface area contributed by atoms with Crippen molar-refractivity contribution in [2.45, 2.75) is 13.3 Å². The fraction of sp³-hybridized carbons (Fsp3) is 0.238. The van der Waals surface area contributed by atoms with Crippen LogP contribution in [0.25, 0.3) is 0 Å². The summed E-state index contributed by atoms with van der Waals surface area (Å²) < 4.78 is 4.78. The molecule has 0 aliphatic rings. The lowest BCUT2D eigenvalue weighted by Crippen LogP contribution is -2.27. The van der Waals surface area contributed by atoms with E-state index < -0.39 is 11.9 Å². The highest BCUT2D eigenvalue weighted by molar-refractivity contribution is 8.13. The second-order valence-corrected chi connectivity index (χ2v) is 7.19. The summed E-state index contributed by atoms with van der Waals surface area (Å²) in [5, 5.41) is 11.3. The highest BCUT2D eigenvalue weighted by Crippen LogP contribution is 2.19. The van der Waals surface area contributed by atoms with E-state index in [1.165, 1.54) is 13.0 Å². The molecule has 0 bridgehead atoms. The Balaban J connectivity index is 2.10. The fourth-order valence-electron chi connectivity index (χ4n) is 2.49. The number of hydrogen-bond donors (Lipinski definition) is 1. The van der Waals surface area contributed by atoms with Crippen molar-refractivity contribution < 1.29 is 19.1 Å². The van der Waals surface area contributed by atoms with Gasteiger partial charge in [-0.25, -0.2) is 4.79 Å². The first-order valence-electron chi connectivity index (χ1n) is 8.62. The minimum Gasteiger partial charge on any atom is -0.447 e. The molecule has 0 aromatic heterocycles. The standard InChI is InChI=1S/C21H20N2O4S/c1-15(24)28-14-18(12-16-6-3-2-4-7-16)20(25)23-19-9-5-8-17(13-19)21(26)27-11-10-22/h2-9,13,18H,11-12,14H2,1H3,(H,23,25). The molecule has 7 heteroatoms. The van der Waals surface area contributed by atoms with E-state index >= 15 is 0 Å². The van der Waals surface area contributed by atoms with Crippen molar-refractivity contribution in [3.8, 4) is 6.07 Å². The van der Waals surface area contributed by atoms with Crippen molar-refractivity contribution in [2.75, 3.05) is 17.7 Å². The second-order valence-electron chi connectivity index (χ2n) is 5.99. The molecule has 0 saturated heterocycles. The molecule has 0 heterocycles. The quantitative estimate of drug-likeness (QED) is 0.687. The van der Waals surface area contributed by atoms with Crippen molar-refractivity contribution in [1.29, 1.82) is 5.26 Å². The summed E-state index contributed by atoms with van der Waals surface area (Å²) in [7, 11) is 0. The molecule has 2 aromatic rings. The Morgan fingerprint density at radius 3 is 2.57 bits per heavy atom. The van der Waals surface area contributed by atoms with Crippen LogP contribution in [0.15, 0.2) is 54.6 Å². The lowest BCUT2D eigenvalue weighted by Gasteiger charge is -2.16. The Morgan fingerprint density at radius 1 is 1.14 bits per heavy atom. The normalized spacial score (nSPS) is 11.1. The number of ether oxygens (including phenoxy) is 1. The van der Waals surface area contributed by atoms with Crippen LogP contribution in [0.2, 0.25) is 0 Å². The molecule has 6 nitrogen and oxygen atoms in total. The number of carbonyl (C=O) groups is 3. The van der Waals surface area contributed by atoms with Gasteiger partial charge >= 0.3 is 5.97 Å². The van der Waals surface area contributed by atoms with Crippen LogP contribution in [-0.2, 0) is 20.7 Å². The summed E-state index contributed by atoms with van der Waals surface area (Å²) in [4.78, 5) is 36.0. The Morgan fingerprint density at radius 2 is 1.89 bits per heavy atom. The van der Waals surface area contributed by atoms with Gasteiger partial charge in [-0.05, 0) is 30.2 Å². The first kappa shape index (κ1) is 21.2. The molecule has 0 fully saturated rings. The summed E-state index contributed by atoms with van der Waals surface area (Å²) in [5.74, 6) is -0.920. The number of nitrogens with zero attached hydrogens (tertiary/aromatic N) is 1. The van der Waals surface area contributed by atoms with E-state index in [0.29, 0.717) is 17.9 Å². The number of amides is 1. The molecule has 1 atom stereocenters. The van der Waals surface area contributed by atoms with Gasteiger partial charge in [-0.3, -0.25) is 9.59 Å². The smallest absolute Gasteiger partial charge is 0.339 e. The zero-order chi connectivity index (χ0) is 20.4. The maximum Gasteiger partial charge on any atom is 0.339 e. The van der Waals surface area contributed by atoms with Gasteiger partial charge in [0, 0.05) is 18.4 Å². The van der Waals surface area contributed by atoms with Gasteiger partial charge in [-0.2, -0.15) is 5.26 Å². The first-order valence-corrected chi connectivity index (χ1v) is 9.60. The second kappa shape index (κ2) is 10.9. The molecular formula is C21H20N2O4S. The van der Waals surface area contributed by atoms with Crippen LogP contribution < -0.4 is 5.32 Å². The molecule has 1 amide bonds. The zero-order valence-electron chi connectivity index (χ0n) is 15.4. The van der Waals surface area contributed by atoms with Crippen LogP contribution in [0.5, 0.6) is 0 Å². The largest absolute Gasteiger partial charge is 0.447 e. The van der Waals surface area contributed by atoms with E-state index in [1.807, 2.05) is 30.3 Å². The van der Waals surface area contributed by atoms with Crippen LogP contribution in [-0.4, -0.2) is 29.4 Å². The average molecular weight is 396 g/mol. The van der Waals surface area contributed by atoms with E-state index in [9.17, 15) is 14.4 Å². The van der Waals surface area contributed by atoms with Crippen molar-refractivity contribution in [3.63, 3.8) is 0 Å². The molecule has 0 radical (unpaired) electrons. The van der Waals surface area contributed by atoms with Gasteiger partial charge < -0.3 is 10.1 Å². The highest BCUT2D eigenvalue weighted by atomic mass is 32.2. The average Bonchev–Trinajstić information content (AvgIpc) is 2.70. The van der Waals surface area contributed by atoms with E-state index in [2.05, 4.69) is 5.32 Å². The summed E-state index contributed by atoms with van der Waals surface area (Å²) in [6, 6.07) is 17.6. The molecule has 0 aliphatic carbocycles. The number of thioether (sulfide) groups is 1. The topological polar surface area (TPSA) is 96.3 Å². The van der Waals surface area contributed by atoms with E-state index in [0.717, 1.165) is 17.3 Å². The number of nitrogens with one attached hydrogen (secondary N) is 1. The van der Waals surface area contributed by atoms with E-state index in [4.69, 9.17) is 10.00 Å². The Bertz CT molecular complexity index is 877. The monoisotopic (exact) mass is 396 g/mol. The van der Waals surface area contributed by atoms with Gasteiger partial charge in [0.05, 0.1) is 11.5 Å². The van der Waals surface area contributed by atoms with Gasteiger partial charge in [0.25, 0.3) is 0 Å². The van der Waals surface area contributed by atoms with Gasteiger partial charge in [0.15, 0.2) is 11.7 Å². The van der Waals surface area contributed by atoms with Gasteiger partial charge in [0.1, 0.15) is 6.07 Å². The van der Waals surface area contributed by atoms with Crippen LogP contribution >= 0.6 is 11.8 Å². The molecule has 1 unspecified atom stereocenters. The molecule has 1 N–H and O–H groups in total. The van der Waals surface area contributed by atoms with Gasteiger partial charge in [0.2, 0.25) is 5.91 Å². The molecule has 2 aromatic carbocycles. The van der Waals surface area contributed by atoms with Crippen LogP contribution in [0.4, 0.5) is 5.69 Å². The summed E-state index contributed by atoms with van der Waals surface area (Å²) in [5.41, 5.74) is 1.69. The van der Waals surface area contributed by atoms with Crippen LogP contribution in [0, 0.1) is 17.2 Å². The number of benzene rings is 2. The van der Waals surface area contributed by atoms with Crippen molar-refractivity contribution >= 4 is 34.4 Å². The van der Waals surface area contributed by atoms with E-state index in [1.54, 1.807) is 24.3 Å². The number of nitriles is 1. The molecular weight excluding hydrogens is 376 g/mol. The van der Waals surface area contributed by atoms with Crippen LogP contribution in [0.3, 0.4) is 0 Å². The summed E-state index contributed by atoms with van der Waals surface area (Å²) in [6.45, 7) is 1.13. The minimum atomic E-state index is -0.634. The maximum atomic E-state index is 12.8. The first-order chi connectivity index (χ1) is 13.5. The Kier molecular flexibility index (Phi) is 8.25. The predicted molar refractivity (Wildman–Crippen MR) is 108 cm³/mol. The highest BCUT2D eigenvalue weighted by Gasteiger charge is 2.20. The molecule has 0 saturated carbocycles. The third-order valence-corrected chi connectivity index (χ3v) is 4.79. The number of hydrogen-bond acceptors (Lipinski definition) is 6. The fourth-order valence-corrected chi connectivity index (χ4v) is 3.20. The Labute approximate surface area is 167 Å². The molecule has 2 rings (SSSR count). The van der Waals surface area contributed by atoms with Crippen molar-refractivity contribution in [2.24, 2.45) is 5.92 Å². The lowest BCUT2D eigenvalue weighted by molar-refractivity contribution is -0.119. The molecule has 0 aliphatic heterocycles. The number of carbonyl (C=O) groups excluding carboxylic acids is 3. The predicted octanol–water partition coefficient (Wildman–Crippen LogP) is 3.44. The number of rotatable bonds is 8. The van der Waals surface area contributed by atoms with E-state index in [-0.39, 0.29) is 23.2 Å². The summed E-state index contributed by atoms with van der Waals surface area (Å²) >= 11 is 1.11. The summed E-state index contributed by atoms with van der Waals surface area (Å²) in [6.07, 6.45) is 0.497. The van der Waals surface area contributed by atoms with Gasteiger partial charge in [-0.1, -0.05) is 48.2 Å². The molecule has 28 heavy (non-hydrogen) atoms. The van der Waals surface area contributed by atoms with Crippen molar-refractivity contribution in [3.05, 3.63) is 65.7 Å². The minimum absolute atomic E-state index is 0.0481. The van der Waals surface area contributed by atoms with Gasteiger partial charge in [-0.15, -0.1) is 0 Å². The third-order valence-electron chi connectivity index (χ3n) is 3.82. The maximum absolute atomic E-state index is 12.8. The van der Waals surface area contributed by atoms with Crippen molar-refractivity contribution in [1.82, 2.24) is 0 Å². The molecule has 144 valence electrons. The number of esters is 1. The molecule has 0 spiro atoms. The lowest BCUT2D eigenvalue weighted by atomic mass is 10.00. The van der Waals surface area contributed by atoms with Crippen LogP contribution in [0.1, 0.15) is 22.8 Å². The third kappa shape index (κ3) is 6.89. The Hall–Kier alpha value is -3.11. The SMILES string of the molecule is CC(=O)SCC(Cc1ccccc1)C(=O)Nc1cccc(C(=O)OCC#N)c1.